The average Bonchev–Trinajstić information content (AvgIpc) is 3.44. The number of aromatic nitrogens is 2. The van der Waals surface area contributed by atoms with E-state index in [0.717, 1.165) is 37.1 Å². The third-order valence-corrected chi connectivity index (χ3v) is 7.08. The van der Waals surface area contributed by atoms with Crippen LogP contribution in [0.15, 0.2) is 35.0 Å². The van der Waals surface area contributed by atoms with Crippen molar-refractivity contribution in [1.29, 1.82) is 0 Å². The smallest absolute Gasteiger partial charge is 0.258 e. The molecule has 1 amide bonds. The summed E-state index contributed by atoms with van der Waals surface area (Å²) < 4.78 is 19.1. The molecule has 7 heteroatoms. The van der Waals surface area contributed by atoms with Crippen LogP contribution < -0.4 is 4.90 Å². The number of piperidine rings is 1. The Bertz CT molecular complexity index is 1130. The Kier molecular flexibility index (Phi) is 4.72. The van der Waals surface area contributed by atoms with Crippen molar-refractivity contribution in [1.82, 2.24) is 14.9 Å². The number of aryl methyl sites for hydroxylation is 1. The summed E-state index contributed by atoms with van der Waals surface area (Å²) in [7, 11) is 2.03. The lowest BCUT2D eigenvalue weighted by Crippen LogP contribution is -2.38. The van der Waals surface area contributed by atoms with E-state index in [1.54, 1.807) is 0 Å². The first kappa shape index (κ1) is 20.0. The van der Waals surface area contributed by atoms with E-state index < -0.39 is 0 Å². The molecule has 0 N–H and O–H groups in total. The van der Waals surface area contributed by atoms with Gasteiger partial charge in [0.25, 0.3) is 5.91 Å². The van der Waals surface area contributed by atoms with Crippen molar-refractivity contribution in [2.75, 3.05) is 25.0 Å². The number of hydrogen-bond acceptors (Lipinski definition) is 5. The van der Waals surface area contributed by atoms with Gasteiger partial charge in [-0.3, -0.25) is 4.79 Å². The van der Waals surface area contributed by atoms with E-state index in [9.17, 15) is 9.18 Å². The van der Waals surface area contributed by atoms with Gasteiger partial charge in [0.2, 0.25) is 5.71 Å². The fourth-order valence-corrected chi connectivity index (χ4v) is 4.62. The minimum Gasteiger partial charge on any atom is -0.442 e. The lowest BCUT2D eigenvalue weighted by Gasteiger charge is -2.32. The van der Waals surface area contributed by atoms with E-state index in [1.165, 1.54) is 18.5 Å². The summed E-state index contributed by atoms with van der Waals surface area (Å²) in [6.45, 7) is 5.34. The molecule has 3 heterocycles. The maximum atomic E-state index is 13.6. The van der Waals surface area contributed by atoms with Gasteiger partial charge < -0.3 is 14.2 Å². The van der Waals surface area contributed by atoms with Gasteiger partial charge in [-0.25, -0.2) is 14.4 Å². The van der Waals surface area contributed by atoms with Gasteiger partial charge in [0.05, 0.1) is 10.9 Å². The molecule has 0 unspecified atom stereocenters. The monoisotopic (exact) mass is 422 g/mol. The fourth-order valence-electron chi connectivity index (χ4n) is 4.62. The number of anilines is 1. The summed E-state index contributed by atoms with van der Waals surface area (Å²) in [6, 6.07) is 6.71. The number of benzene rings is 1. The predicted molar refractivity (Wildman–Crippen MR) is 117 cm³/mol. The molecule has 0 spiro atoms. The largest absolute Gasteiger partial charge is 0.442 e. The van der Waals surface area contributed by atoms with Crippen molar-refractivity contribution in [3.63, 3.8) is 0 Å². The molecule has 2 aliphatic rings. The van der Waals surface area contributed by atoms with E-state index in [-0.39, 0.29) is 17.3 Å². The topological polar surface area (TPSA) is 62.5 Å². The maximum Gasteiger partial charge on any atom is 0.258 e. The Labute approximate surface area is 181 Å². The number of furan rings is 1. The quantitative estimate of drug-likeness (QED) is 0.611. The zero-order valence-corrected chi connectivity index (χ0v) is 18.2. The molecule has 6 nitrogen and oxygen atoms in total. The number of likely N-dealkylation sites (tertiary alicyclic amines) is 1. The highest BCUT2D eigenvalue weighted by atomic mass is 19.1. The van der Waals surface area contributed by atoms with E-state index in [1.807, 2.05) is 31.0 Å². The van der Waals surface area contributed by atoms with Gasteiger partial charge in [-0.2, -0.15) is 0 Å². The van der Waals surface area contributed by atoms with Gasteiger partial charge in [-0.1, -0.05) is 12.1 Å². The van der Waals surface area contributed by atoms with Crippen LogP contribution in [0.4, 0.5) is 10.2 Å². The number of hydrogen-bond donors (Lipinski definition) is 0. The third kappa shape index (κ3) is 3.46. The van der Waals surface area contributed by atoms with Crippen LogP contribution in [0, 0.1) is 12.7 Å². The molecule has 0 atom stereocenters. The molecule has 1 aromatic carbocycles. The van der Waals surface area contributed by atoms with Gasteiger partial charge in [-0.15, -0.1) is 0 Å². The fraction of sp³-hybridized carbons (Fsp3) is 0.458. The summed E-state index contributed by atoms with van der Waals surface area (Å²) in [5.41, 5.74) is 2.24. The minimum absolute atomic E-state index is 0.0285. The second kappa shape index (κ2) is 7.32. The van der Waals surface area contributed by atoms with E-state index in [4.69, 9.17) is 4.42 Å². The number of carbonyl (C=O) groups excluding carboxylic acids is 1. The van der Waals surface area contributed by atoms with Gasteiger partial charge in [0, 0.05) is 25.7 Å². The molecule has 1 saturated carbocycles. The highest BCUT2D eigenvalue weighted by Gasteiger charge is 2.43. The zero-order valence-electron chi connectivity index (χ0n) is 18.2. The molecule has 5 rings (SSSR count). The van der Waals surface area contributed by atoms with Crippen molar-refractivity contribution in [2.45, 2.75) is 51.0 Å². The van der Waals surface area contributed by atoms with Crippen LogP contribution in [0.2, 0.25) is 0 Å². The maximum absolute atomic E-state index is 13.6. The van der Waals surface area contributed by atoms with Crippen LogP contribution in [-0.2, 0) is 0 Å². The highest BCUT2D eigenvalue weighted by Crippen LogP contribution is 2.44. The van der Waals surface area contributed by atoms with Crippen molar-refractivity contribution in [2.24, 2.45) is 0 Å². The lowest BCUT2D eigenvalue weighted by atomic mass is 9.89. The van der Waals surface area contributed by atoms with E-state index in [0.29, 0.717) is 41.4 Å². The van der Waals surface area contributed by atoms with E-state index >= 15 is 0 Å². The van der Waals surface area contributed by atoms with Gasteiger partial charge in [0.1, 0.15) is 23.7 Å². The zero-order chi connectivity index (χ0) is 21.8. The number of carbonyl (C=O) groups is 1. The van der Waals surface area contributed by atoms with Gasteiger partial charge in [0.15, 0.2) is 0 Å². The van der Waals surface area contributed by atoms with Crippen LogP contribution in [0.1, 0.15) is 60.2 Å². The SMILES string of the molecule is Cc1oc2ncnc(N(C)C3(C)CC3)c2c1C(=O)N1CCC(c2ccc(F)cc2)CC1. The molecular weight excluding hydrogens is 395 g/mol. The van der Waals surface area contributed by atoms with Crippen LogP contribution in [0.25, 0.3) is 11.1 Å². The number of amides is 1. The number of fused-ring (bicyclic) bond motifs is 1. The van der Waals surface area contributed by atoms with Crippen molar-refractivity contribution in [3.8, 4) is 0 Å². The Morgan fingerprint density at radius 2 is 1.87 bits per heavy atom. The summed E-state index contributed by atoms with van der Waals surface area (Å²) in [6.07, 6.45) is 5.42. The molecule has 2 fully saturated rings. The standard InChI is InChI=1S/C24H27FN4O2/c1-15-19(20-21(26-14-27-22(20)31-15)28(3)24(2)10-11-24)23(30)29-12-8-17(9-13-29)16-4-6-18(25)7-5-16/h4-7,14,17H,8-13H2,1-3H3. The second-order valence-electron chi connectivity index (χ2n) is 9.08. The summed E-state index contributed by atoms with van der Waals surface area (Å²) in [4.78, 5) is 26.4. The van der Waals surface area contributed by atoms with Crippen LogP contribution >= 0.6 is 0 Å². The molecule has 3 aromatic rings. The van der Waals surface area contributed by atoms with Gasteiger partial charge in [-0.05, 0) is 63.1 Å². The number of rotatable bonds is 4. The van der Waals surface area contributed by atoms with E-state index in [2.05, 4.69) is 21.8 Å². The Morgan fingerprint density at radius 3 is 2.52 bits per heavy atom. The molecule has 2 aromatic heterocycles. The first-order valence-electron chi connectivity index (χ1n) is 10.9. The first-order valence-corrected chi connectivity index (χ1v) is 10.9. The molecule has 0 bridgehead atoms. The molecule has 162 valence electrons. The Hall–Kier alpha value is -2.96. The lowest BCUT2D eigenvalue weighted by molar-refractivity contribution is 0.0713. The first-order chi connectivity index (χ1) is 14.9. The summed E-state index contributed by atoms with van der Waals surface area (Å²) >= 11 is 0. The number of halogens is 1. The van der Waals surface area contributed by atoms with Crippen LogP contribution in [0.5, 0.6) is 0 Å². The average molecular weight is 423 g/mol. The second-order valence-corrected chi connectivity index (χ2v) is 9.08. The highest BCUT2D eigenvalue weighted by molar-refractivity contribution is 6.10. The Morgan fingerprint density at radius 1 is 1.19 bits per heavy atom. The molecule has 1 aliphatic carbocycles. The minimum atomic E-state index is -0.221. The summed E-state index contributed by atoms with van der Waals surface area (Å²) in [5.74, 6) is 1.43. The predicted octanol–water partition coefficient (Wildman–Crippen LogP) is 4.68. The van der Waals surface area contributed by atoms with Crippen molar-refractivity contribution >= 4 is 22.8 Å². The molecule has 31 heavy (non-hydrogen) atoms. The number of nitrogens with zero attached hydrogens (tertiary/aromatic N) is 4. The summed E-state index contributed by atoms with van der Waals surface area (Å²) in [5, 5.41) is 0.710. The third-order valence-electron chi connectivity index (χ3n) is 7.08. The molecule has 1 saturated heterocycles. The van der Waals surface area contributed by atoms with Crippen molar-refractivity contribution < 1.29 is 13.6 Å². The molecule has 0 radical (unpaired) electrons. The molecule has 1 aliphatic heterocycles. The van der Waals surface area contributed by atoms with Gasteiger partial charge >= 0.3 is 0 Å². The van der Waals surface area contributed by atoms with Crippen LogP contribution in [0.3, 0.4) is 0 Å². The van der Waals surface area contributed by atoms with Crippen molar-refractivity contribution in [3.05, 3.63) is 53.3 Å². The van der Waals surface area contributed by atoms with Crippen LogP contribution in [-0.4, -0.2) is 46.5 Å². The Balaban J connectivity index is 1.41. The normalized spacial score (nSPS) is 18.4. The molecular formula is C24H27FN4O2.